The van der Waals surface area contributed by atoms with E-state index in [-0.39, 0.29) is 6.54 Å². The molecular formula is C14H21ClN4O3. The molecule has 2 amide bonds. The third-order valence-electron chi connectivity index (χ3n) is 2.47. The molecule has 0 saturated heterocycles. The Kier molecular flexibility index (Phi) is 6.45. The van der Waals surface area contributed by atoms with Crippen LogP contribution in [-0.4, -0.2) is 30.2 Å². The predicted molar refractivity (Wildman–Crippen MR) is 85.4 cm³/mol. The highest BCUT2D eigenvalue weighted by Crippen LogP contribution is 2.15. The van der Waals surface area contributed by atoms with Crippen LogP contribution < -0.4 is 21.9 Å². The molecule has 0 bridgehead atoms. The van der Waals surface area contributed by atoms with Gasteiger partial charge in [-0.15, -0.1) is 0 Å². The number of hydrazine groups is 1. The van der Waals surface area contributed by atoms with Crippen LogP contribution in [0, 0.1) is 0 Å². The van der Waals surface area contributed by atoms with E-state index < -0.39 is 23.6 Å². The lowest BCUT2D eigenvalue weighted by Crippen LogP contribution is -2.49. The van der Waals surface area contributed by atoms with Crippen LogP contribution in [0.25, 0.3) is 0 Å². The molecule has 0 aliphatic carbocycles. The van der Waals surface area contributed by atoms with Crippen LogP contribution in [0.4, 0.5) is 10.5 Å². The average Bonchev–Trinajstić information content (AvgIpc) is 2.40. The highest BCUT2D eigenvalue weighted by molar-refractivity contribution is 6.30. The average molecular weight is 329 g/mol. The first-order valence-corrected chi connectivity index (χ1v) is 7.08. The molecule has 0 aromatic heterocycles. The summed E-state index contributed by atoms with van der Waals surface area (Å²) in [7, 11) is 0. The number of carbonyl (C=O) groups is 2. The molecule has 1 aromatic carbocycles. The molecule has 1 aromatic rings. The van der Waals surface area contributed by atoms with Crippen molar-refractivity contribution in [3.63, 3.8) is 0 Å². The number of rotatable bonds is 5. The first-order valence-electron chi connectivity index (χ1n) is 6.70. The van der Waals surface area contributed by atoms with Crippen molar-refractivity contribution < 1.29 is 14.3 Å². The van der Waals surface area contributed by atoms with Crippen molar-refractivity contribution in [2.75, 3.05) is 11.9 Å². The van der Waals surface area contributed by atoms with E-state index in [2.05, 4.69) is 10.6 Å². The number of nitrogens with one attached hydrogen (secondary N) is 3. The highest BCUT2D eigenvalue weighted by atomic mass is 35.5. The van der Waals surface area contributed by atoms with Gasteiger partial charge in [-0.05, 0) is 39.0 Å². The van der Waals surface area contributed by atoms with Crippen molar-refractivity contribution in [2.24, 2.45) is 5.84 Å². The second kappa shape index (κ2) is 7.86. The minimum absolute atomic E-state index is 0.00442. The van der Waals surface area contributed by atoms with Gasteiger partial charge >= 0.3 is 6.09 Å². The Morgan fingerprint density at radius 2 is 2.05 bits per heavy atom. The lowest BCUT2D eigenvalue weighted by Gasteiger charge is -2.22. The number of amides is 2. The van der Waals surface area contributed by atoms with E-state index in [1.807, 2.05) is 5.43 Å². The fourth-order valence-corrected chi connectivity index (χ4v) is 1.78. The normalized spacial score (nSPS) is 12.2. The maximum Gasteiger partial charge on any atom is 0.407 e. The van der Waals surface area contributed by atoms with Gasteiger partial charge in [0.2, 0.25) is 0 Å². The summed E-state index contributed by atoms with van der Waals surface area (Å²) >= 11 is 5.89. The molecule has 0 aliphatic heterocycles. The van der Waals surface area contributed by atoms with Crippen molar-refractivity contribution in [2.45, 2.75) is 32.4 Å². The number of carbonyl (C=O) groups excluding carboxylic acids is 2. The van der Waals surface area contributed by atoms with Gasteiger partial charge in [-0.3, -0.25) is 10.2 Å². The van der Waals surface area contributed by atoms with Gasteiger partial charge in [0.05, 0.1) is 6.54 Å². The molecule has 0 radical (unpaired) electrons. The van der Waals surface area contributed by atoms with Crippen LogP contribution in [0.1, 0.15) is 20.8 Å². The van der Waals surface area contributed by atoms with Gasteiger partial charge in [0, 0.05) is 10.7 Å². The topological polar surface area (TPSA) is 105 Å². The zero-order valence-electron chi connectivity index (χ0n) is 12.8. The molecule has 0 fully saturated rings. The maximum absolute atomic E-state index is 11.8. The summed E-state index contributed by atoms with van der Waals surface area (Å²) in [4.78, 5) is 23.4. The Morgan fingerprint density at radius 1 is 1.36 bits per heavy atom. The van der Waals surface area contributed by atoms with E-state index in [1.54, 1.807) is 45.0 Å². The Balaban J connectivity index is 2.66. The van der Waals surface area contributed by atoms with Crippen LogP contribution in [0.2, 0.25) is 5.02 Å². The first kappa shape index (κ1) is 18.1. The van der Waals surface area contributed by atoms with Crippen LogP contribution in [-0.2, 0) is 9.53 Å². The number of ether oxygens (including phenoxy) is 1. The van der Waals surface area contributed by atoms with Gasteiger partial charge in [-0.1, -0.05) is 17.7 Å². The number of nitrogens with two attached hydrogens (primary N) is 1. The molecule has 0 aliphatic rings. The standard InChI is InChI=1S/C14H21ClN4O3/c1-14(2,3)22-13(21)17-8-11(12(20)19-16)18-10-6-4-5-9(15)7-10/h4-7,11,18H,8,16H2,1-3H3,(H,17,21)(H,19,20)/t11-/m0/s1. The largest absolute Gasteiger partial charge is 0.444 e. The molecule has 0 spiro atoms. The number of hydrogen-bond acceptors (Lipinski definition) is 5. The summed E-state index contributed by atoms with van der Waals surface area (Å²) in [6.07, 6.45) is -0.616. The minimum Gasteiger partial charge on any atom is -0.444 e. The molecule has 1 atom stereocenters. The first-order chi connectivity index (χ1) is 10.2. The summed E-state index contributed by atoms with van der Waals surface area (Å²) in [5.41, 5.74) is 2.06. The fourth-order valence-electron chi connectivity index (χ4n) is 1.59. The fraction of sp³-hybridized carbons (Fsp3) is 0.429. The molecule has 5 N–H and O–H groups in total. The molecule has 1 rings (SSSR count). The van der Waals surface area contributed by atoms with Crippen molar-refractivity contribution in [3.8, 4) is 0 Å². The van der Waals surface area contributed by atoms with E-state index in [1.165, 1.54) is 0 Å². The molecule has 8 heteroatoms. The predicted octanol–water partition coefficient (Wildman–Crippen LogP) is 1.64. The Labute approximate surface area is 134 Å². The smallest absolute Gasteiger partial charge is 0.407 e. The van der Waals surface area contributed by atoms with Gasteiger partial charge < -0.3 is 15.4 Å². The third-order valence-corrected chi connectivity index (χ3v) is 2.71. The van der Waals surface area contributed by atoms with Crippen molar-refractivity contribution in [3.05, 3.63) is 29.3 Å². The molecule has 7 nitrogen and oxygen atoms in total. The maximum atomic E-state index is 11.8. The molecular weight excluding hydrogens is 308 g/mol. The zero-order valence-corrected chi connectivity index (χ0v) is 13.5. The monoisotopic (exact) mass is 328 g/mol. The van der Waals surface area contributed by atoms with Crippen molar-refractivity contribution in [1.29, 1.82) is 0 Å². The number of halogens is 1. The lowest BCUT2D eigenvalue weighted by atomic mass is 10.2. The van der Waals surface area contributed by atoms with E-state index in [4.69, 9.17) is 22.2 Å². The van der Waals surface area contributed by atoms with Crippen LogP contribution in [0.15, 0.2) is 24.3 Å². The summed E-state index contributed by atoms with van der Waals surface area (Å²) in [5.74, 6) is 4.68. The van der Waals surface area contributed by atoms with Crippen molar-refractivity contribution >= 4 is 29.3 Å². The van der Waals surface area contributed by atoms with E-state index in [0.29, 0.717) is 10.7 Å². The quantitative estimate of drug-likeness (QED) is 0.373. The van der Waals surface area contributed by atoms with E-state index in [0.717, 1.165) is 0 Å². The second-order valence-corrected chi connectivity index (χ2v) is 6.04. The summed E-state index contributed by atoms with van der Waals surface area (Å²) in [6, 6.07) is 6.09. The minimum atomic E-state index is -0.768. The summed E-state index contributed by atoms with van der Waals surface area (Å²) in [6.45, 7) is 5.26. The molecule has 22 heavy (non-hydrogen) atoms. The molecule has 0 heterocycles. The van der Waals surface area contributed by atoms with Crippen molar-refractivity contribution in [1.82, 2.24) is 10.7 Å². The third kappa shape index (κ3) is 6.64. The number of hydrogen-bond donors (Lipinski definition) is 4. The molecule has 122 valence electrons. The molecule has 0 saturated carbocycles. The Bertz CT molecular complexity index is 531. The number of alkyl carbamates (subject to hydrolysis) is 1. The summed E-state index contributed by atoms with van der Waals surface area (Å²) < 4.78 is 5.11. The van der Waals surface area contributed by atoms with E-state index in [9.17, 15) is 9.59 Å². The molecule has 0 unspecified atom stereocenters. The van der Waals surface area contributed by atoms with Crippen LogP contribution in [0.3, 0.4) is 0 Å². The SMILES string of the molecule is CC(C)(C)OC(=O)NC[C@H](Nc1cccc(Cl)c1)C(=O)NN. The van der Waals surface area contributed by atoms with Gasteiger partial charge in [0.15, 0.2) is 0 Å². The lowest BCUT2D eigenvalue weighted by molar-refractivity contribution is -0.121. The number of benzene rings is 1. The number of anilines is 1. The highest BCUT2D eigenvalue weighted by Gasteiger charge is 2.21. The van der Waals surface area contributed by atoms with E-state index >= 15 is 0 Å². The summed E-state index contributed by atoms with van der Waals surface area (Å²) in [5, 5.41) is 5.98. The zero-order chi connectivity index (χ0) is 16.8. The van der Waals surface area contributed by atoms with Gasteiger partial charge in [-0.2, -0.15) is 0 Å². The van der Waals surface area contributed by atoms with Crippen LogP contribution in [0.5, 0.6) is 0 Å². The van der Waals surface area contributed by atoms with Gasteiger partial charge in [0.25, 0.3) is 5.91 Å². The Hall–Kier alpha value is -1.99. The Morgan fingerprint density at radius 3 is 2.59 bits per heavy atom. The second-order valence-electron chi connectivity index (χ2n) is 5.60. The van der Waals surface area contributed by atoms with Gasteiger partial charge in [0.1, 0.15) is 11.6 Å². The van der Waals surface area contributed by atoms with Gasteiger partial charge in [-0.25, -0.2) is 10.6 Å². The van der Waals surface area contributed by atoms with Crippen LogP contribution >= 0.6 is 11.6 Å².